The Labute approximate surface area is 191 Å². The number of amides is 1. The second-order valence-corrected chi connectivity index (χ2v) is 9.90. The molecule has 7 nitrogen and oxygen atoms in total. The van der Waals surface area contributed by atoms with E-state index in [9.17, 15) is 4.79 Å². The number of carbonyl (C=O) groups excluding carboxylic acids is 1. The first kappa shape index (κ1) is 21.7. The molecule has 1 aliphatic carbocycles. The molecule has 2 fully saturated rings. The van der Waals surface area contributed by atoms with E-state index in [0.29, 0.717) is 18.3 Å². The number of aryl methyl sites for hydroxylation is 1. The first-order valence-corrected chi connectivity index (χ1v) is 12.4. The highest BCUT2D eigenvalue weighted by molar-refractivity contribution is 5.94. The first-order chi connectivity index (χ1) is 15.6. The second-order valence-electron chi connectivity index (χ2n) is 9.90. The van der Waals surface area contributed by atoms with Crippen molar-refractivity contribution in [1.82, 2.24) is 24.5 Å². The van der Waals surface area contributed by atoms with Crippen LogP contribution in [0.3, 0.4) is 0 Å². The maximum absolute atomic E-state index is 13.2. The Kier molecular flexibility index (Phi) is 6.37. The molecule has 3 aliphatic rings. The topological polar surface area (TPSA) is 57.8 Å². The Morgan fingerprint density at radius 1 is 1.09 bits per heavy atom. The van der Waals surface area contributed by atoms with Crippen molar-refractivity contribution >= 4 is 5.91 Å². The standard InChI is InChI=1S/C25H37N5O2/c1-27(18-21-7-6-16-32-21)25(31)24-22-17-20(8-9-23(22)28(2)26-24)30-14-10-19(11-15-30)29-12-4-3-5-13-29/h6-7,16,19-20H,3-5,8-15,17-18H2,1-2H3. The smallest absolute Gasteiger partial charge is 0.274 e. The molecule has 2 aliphatic heterocycles. The molecule has 174 valence electrons. The van der Waals surface area contributed by atoms with Gasteiger partial charge in [-0.15, -0.1) is 0 Å². The molecule has 1 unspecified atom stereocenters. The Morgan fingerprint density at radius 3 is 2.56 bits per heavy atom. The molecule has 2 saturated heterocycles. The molecule has 0 spiro atoms. The van der Waals surface area contributed by atoms with Gasteiger partial charge in [-0.25, -0.2) is 0 Å². The normalized spacial score (nSPS) is 23.2. The van der Waals surface area contributed by atoms with Crippen molar-refractivity contribution in [3.63, 3.8) is 0 Å². The quantitative estimate of drug-likeness (QED) is 0.717. The number of piperidine rings is 2. The summed E-state index contributed by atoms with van der Waals surface area (Å²) in [4.78, 5) is 20.4. The molecule has 2 aromatic heterocycles. The van der Waals surface area contributed by atoms with Crippen molar-refractivity contribution in [2.24, 2.45) is 7.05 Å². The summed E-state index contributed by atoms with van der Waals surface area (Å²) in [5, 5.41) is 4.67. The summed E-state index contributed by atoms with van der Waals surface area (Å²) in [5.74, 6) is 0.780. The van der Waals surface area contributed by atoms with Crippen molar-refractivity contribution in [3.8, 4) is 0 Å². The Hall–Kier alpha value is -2.12. The number of nitrogens with zero attached hydrogens (tertiary/aromatic N) is 5. The third-order valence-corrected chi connectivity index (χ3v) is 7.87. The van der Waals surface area contributed by atoms with Gasteiger partial charge in [0.15, 0.2) is 5.69 Å². The van der Waals surface area contributed by atoms with E-state index in [1.165, 1.54) is 64.0 Å². The van der Waals surface area contributed by atoms with Crippen LogP contribution in [0.25, 0.3) is 0 Å². The summed E-state index contributed by atoms with van der Waals surface area (Å²) in [6.07, 6.45) is 11.5. The number of hydrogen-bond acceptors (Lipinski definition) is 5. The van der Waals surface area contributed by atoms with Crippen LogP contribution in [-0.4, -0.2) is 75.7 Å². The SMILES string of the molecule is CN(Cc1ccco1)C(=O)c1nn(C)c2c1CC(N1CCC(N3CCCCC3)CC1)CC2. The summed E-state index contributed by atoms with van der Waals surface area (Å²) < 4.78 is 7.36. The third-order valence-electron chi connectivity index (χ3n) is 7.87. The molecule has 0 bridgehead atoms. The number of carbonyl (C=O) groups is 1. The summed E-state index contributed by atoms with van der Waals surface area (Å²) in [6.45, 7) is 5.42. The van der Waals surface area contributed by atoms with E-state index in [0.717, 1.165) is 36.6 Å². The molecule has 1 amide bonds. The van der Waals surface area contributed by atoms with Gasteiger partial charge < -0.3 is 14.2 Å². The van der Waals surface area contributed by atoms with E-state index in [2.05, 4.69) is 14.9 Å². The Bertz CT molecular complexity index is 907. The van der Waals surface area contributed by atoms with E-state index >= 15 is 0 Å². The number of likely N-dealkylation sites (tertiary alicyclic amines) is 2. The Morgan fingerprint density at radius 2 is 1.84 bits per heavy atom. The van der Waals surface area contributed by atoms with Gasteiger partial charge in [0.25, 0.3) is 5.91 Å². The van der Waals surface area contributed by atoms with Crippen molar-refractivity contribution in [2.75, 3.05) is 33.2 Å². The lowest BCUT2D eigenvalue weighted by Gasteiger charge is -2.43. The van der Waals surface area contributed by atoms with Gasteiger partial charge >= 0.3 is 0 Å². The van der Waals surface area contributed by atoms with Crippen molar-refractivity contribution in [2.45, 2.75) is 70.0 Å². The number of fused-ring (bicyclic) bond motifs is 1. The fraction of sp³-hybridized carbons (Fsp3) is 0.680. The molecule has 7 heteroatoms. The highest BCUT2D eigenvalue weighted by atomic mass is 16.3. The molecule has 0 saturated carbocycles. The van der Waals surface area contributed by atoms with Crippen LogP contribution in [0, 0.1) is 0 Å². The highest BCUT2D eigenvalue weighted by Crippen LogP contribution is 2.30. The van der Waals surface area contributed by atoms with Gasteiger partial charge in [0.05, 0.1) is 12.8 Å². The lowest BCUT2D eigenvalue weighted by Crippen LogP contribution is -2.50. The van der Waals surface area contributed by atoms with E-state index in [4.69, 9.17) is 4.42 Å². The minimum Gasteiger partial charge on any atom is -0.467 e. The largest absolute Gasteiger partial charge is 0.467 e. The van der Waals surface area contributed by atoms with E-state index in [1.54, 1.807) is 11.2 Å². The molecule has 2 aromatic rings. The highest BCUT2D eigenvalue weighted by Gasteiger charge is 2.34. The second kappa shape index (κ2) is 9.40. The van der Waals surface area contributed by atoms with Crippen LogP contribution >= 0.6 is 0 Å². The van der Waals surface area contributed by atoms with E-state index < -0.39 is 0 Å². The minimum atomic E-state index is -0.0114. The predicted molar refractivity (Wildman–Crippen MR) is 124 cm³/mol. The number of furan rings is 1. The van der Waals surface area contributed by atoms with Gasteiger partial charge in [-0.3, -0.25) is 14.4 Å². The maximum Gasteiger partial charge on any atom is 0.274 e. The predicted octanol–water partition coefficient (Wildman–Crippen LogP) is 3.09. The first-order valence-electron chi connectivity index (χ1n) is 12.4. The molecule has 5 rings (SSSR count). The molecular weight excluding hydrogens is 402 g/mol. The molecule has 0 radical (unpaired) electrons. The summed E-state index contributed by atoms with van der Waals surface area (Å²) in [6, 6.07) is 5.06. The van der Waals surface area contributed by atoms with Gasteiger partial charge in [-0.05, 0) is 83.3 Å². The number of hydrogen-bond donors (Lipinski definition) is 0. The zero-order valence-corrected chi connectivity index (χ0v) is 19.6. The number of rotatable bonds is 5. The zero-order valence-electron chi connectivity index (χ0n) is 19.6. The summed E-state index contributed by atoms with van der Waals surface area (Å²) in [7, 11) is 3.81. The molecular formula is C25H37N5O2. The molecule has 32 heavy (non-hydrogen) atoms. The fourth-order valence-electron chi connectivity index (χ4n) is 6.04. The lowest BCUT2D eigenvalue weighted by atomic mass is 9.88. The average Bonchev–Trinajstić information content (AvgIpc) is 3.46. The van der Waals surface area contributed by atoms with Crippen LogP contribution in [-0.2, 0) is 26.4 Å². The molecule has 4 heterocycles. The van der Waals surface area contributed by atoms with Gasteiger partial charge in [0.1, 0.15) is 5.76 Å². The van der Waals surface area contributed by atoms with Gasteiger partial charge in [-0.2, -0.15) is 5.10 Å². The van der Waals surface area contributed by atoms with Crippen LogP contribution in [0.5, 0.6) is 0 Å². The maximum atomic E-state index is 13.2. The fourth-order valence-corrected chi connectivity index (χ4v) is 6.04. The van der Waals surface area contributed by atoms with Crippen LogP contribution in [0.4, 0.5) is 0 Å². The van der Waals surface area contributed by atoms with Crippen LogP contribution in [0.15, 0.2) is 22.8 Å². The summed E-state index contributed by atoms with van der Waals surface area (Å²) in [5.41, 5.74) is 3.03. The number of aromatic nitrogens is 2. The molecule has 0 aromatic carbocycles. The minimum absolute atomic E-state index is 0.0114. The van der Waals surface area contributed by atoms with E-state index in [-0.39, 0.29) is 5.91 Å². The average molecular weight is 440 g/mol. The van der Waals surface area contributed by atoms with Gasteiger partial charge in [-0.1, -0.05) is 6.42 Å². The van der Waals surface area contributed by atoms with Crippen LogP contribution in [0.2, 0.25) is 0 Å². The van der Waals surface area contributed by atoms with Crippen LogP contribution in [0.1, 0.15) is 66.0 Å². The van der Waals surface area contributed by atoms with Crippen molar-refractivity contribution < 1.29 is 9.21 Å². The van der Waals surface area contributed by atoms with Gasteiger partial charge in [0.2, 0.25) is 0 Å². The Balaban J connectivity index is 1.24. The summed E-state index contributed by atoms with van der Waals surface area (Å²) >= 11 is 0. The molecule has 0 N–H and O–H groups in total. The van der Waals surface area contributed by atoms with Crippen molar-refractivity contribution in [1.29, 1.82) is 0 Å². The van der Waals surface area contributed by atoms with Crippen LogP contribution < -0.4 is 0 Å². The monoisotopic (exact) mass is 439 g/mol. The van der Waals surface area contributed by atoms with Gasteiger partial charge in [0, 0.05) is 37.4 Å². The zero-order chi connectivity index (χ0) is 22.1. The van der Waals surface area contributed by atoms with E-state index in [1.807, 2.05) is 30.9 Å². The lowest BCUT2D eigenvalue weighted by molar-refractivity contribution is 0.0677. The molecule has 1 atom stereocenters. The third kappa shape index (κ3) is 4.37. The van der Waals surface area contributed by atoms with Crippen molar-refractivity contribution in [3.05, 3.63) is 41.1 Å².